The predicted molar refractivity (Wildman–Crippen MR) is 97.4 cm³/mol. The molecule has 0 radical (unpaired) electrons. The SMILES string of the molecule is Nc1cccc(N=Cc2c(O)n(-c3cccc(Cl)c3)c(=O)[nH]c2=O)c1. The van der Waals surface area contributed by atoms with Gasteiger partial charge in [0.2, 0.25) is 5.88 Å². The fraction of sp³-hybridized carbons (Fsp3) is 0. The zero-order valence-electron chi connectivity index (χ0n) is 12.8. The third kappa shape index (κ3) is 3.46. The number of H-pyrrole nitrogens is 1. The molecular formula is C17H13ClN4O3. The first kappa shape index (κ1) is 16.5. The molecule has 3 aromatic rings. The maximum atomic E-state index is 12.1. The lowest BCUT2D eigenvalue weighted by Gasteiger charge is -2.09. The minimum Gasteiger partial charge on any atom is -0.493 e. The number of aromatic hydroxyl groups is 1. The van der Waals surface area contributed by atoms with Gasteiger partial charge in [0.25, 0.3) is 5.56 Å². The van der Waals surface area contributed by atoms with Gasteiger partial charge >= 0.3 is 5.69 Å². The molecule has 1 aromatic heterocycles. The molecule has 126 valence electrons. The number of aromatic amines is 1. The lowest BCUT2D eigenvalue weighted by Crippen LogP contribution is -2.31. The van der Waals surface area contributed by atoms with E-state index in [-0.39, 0.29) is 5.56 Å². The number of benzene rings is 2. The van der Waals surface area contributed by atoms with E-state index < -0.39 is 17.1 Å². The molecule has 3 rings (SSSR count). The smallest absolute Gasteiger partial charge is 0.335 e. The lowest BCUT2D eigenvalue weighted by atomic mass is 10.2. The maximum Gasteiger partial charge on any atom is 0.335 e. The maximum absolute atomic E-state index is 12.1. The highest BCUT2D eigenvalue weighted by molar-refractivity contribution is 6.30. The number of aliphatic imine (C=N–C) groups is 1. The molecule has 25 heavy (non-hydrogen) atoms. The summed E-state index contributed by atoms with van der Waals surface area (Å²) >= 11 is 5.92. The number of aromatic nitrogens is 2. The number of anilines is 1. The first-order valence-corrected chi connectivity index (χ1v) is 7.57. The van der Waals surface area contributed by atoms with E-state index in [1.165, 1.54) is 12.3 Å². The van der Waals surface area contributed by atoms with Gasteiger partial charge < -0.3 is 10.8 Å². The van der Waals surface area contributed by atoms with E-state index in [0.29, 0.717) is 22.1 Å². The molecule has 7 nitrogen and oxygen atoms in total. The second-order valence-corrected chi connectivity index (χ2v) is 5.60. The number of rotatable bonds is 3. The number of hydrogen-bond donors (Lipinski definition) is 3. The summed E-state index contributed by atoms with van der Waals surface area (Å²) in [5.74, 6) is -0.538. The molecule has 0 saturated carbocycles. The van der Waals surface area contributed by atoms with E-state index in [1.54, 1.807) is 42.5 Å². The number of nitrogens with two attached hydrogens (primary N) is 1. The van der Waals surface area contributed by atoms with Crippen LogP contribution in [0.3, 0.4) is 0 Å². The van der Waals surface area contributed by atoms with E-state index in [1.807, 2.05) is 0 Å². The van der Waals surface area contributed by atoms with Crippen molar-refractivity contribution in [3.05, 3.63) is 80.0 Å². The second kappa shape index (κ2) is 6.66. The Labute approximate surface area is 146 Å². The molecule has 0 unspecified atom stereocenters. The normalized spacial score (nSPS) is 11.1. The van der Waals surface area contributed by atoms with Crippen LogP contribution < -0.4 is 17.0 Å². The summed E-state index contributed by atoms with van der Waals surface area (Å²) in [6.07, 6.45) is 1.17. The van der Waals surface area contributed by atoms with Crippen LogP contribution in [0.4, 0.5) is 11.4 Å². The highest BCUT2D eigenvalue weighted by atomic mass is 35.5. The van der Waals surface area contributed by atoms with Gasteiger partial charge in [0.15, 0.2) is 0 Å². The van der Waals surface area contributed by atoms with Crippen molar-refractivity contribution in [2.45, 2.75) is 0 Å². The van der Waals surface area contributed by atoms with Gasteiger partial charge in [-0.15, -0.1) is 0 Å². The first-order chi connectivity index (χ1) is 12.0. The predicted octanol–water partition coefficient (Wildman–Crippen LogP) is 2.22. The van der Waals surface area contributed by atoms with Crippen LogP contribution in [-0.4, -0.2) is 20.9 Å². The van der Waals surface area contributed by atoms with Crippen molar-refractivity contribution >= 4 is 29.2 Å². The van der Waals surface area contributed by atoms with Crippen molar-refractivity contribution in [2.24, 2.45) is 4.99 Å². The van der Waals surface area contributed by atoms with Gasteiger partial charge in [-0.25, -0.2) is 9.36 Å². The highest BCUT2D eigenvalue weighted by Crippen LogP contribution is 2.20. The number of nitrogen functional groups attached to an aromatic ring is 1. The van der Waals surface area contributed by atoms with E-state index in [4.69, 9.17) is 17.3 Å². The molecule has 0 atom stereocenters. The van der Waals surface area contributed by atoms with Crippen molar-refractivity contribution in [2.75, 3.05) is 5.73 Å². The second-order valence-electron chi connectivity index (χ2n) is 5.17. The Bertz CT molecular complexity index is 1090. The molecule has 0 spiro atoms. The van der Waals surface area contributed by atoms with Gasteiger partial charge in [-0.2, -0.15) is 0 Å². The molecule has 1 heterocycles. The van der Waals surface area contributed by atoms with Gasteiger partial charge in [-0.1, -0.05) is 23.7 Å². The largest absolute Gasteiger partial charge is 0.493 e. The molecule has 0 fully saturated rings. The fourth-order valence-corrected chi connectivity index (χ4v) is 2.44. The summed E-state index contributed by atoms with van der Waals surface area (Å²) in [5.41, 5.74) is 5.29. The lowest BCUT2D eigenvalue weighted by molar-refractivity contribution is 0.430. The Morgan fingerprint density at radius 1 is 1.16 bits per heavy atom. The summed E-state index contributed by atoms with van der Waals surface area (Å²) in [4.78, 5) is 30.4. The molecule has 0 aliphatic carbocycles. The van der Waals surface area contributed by atoms with Crippen LogP contribution >= 0.6 is 11.6 Å². The Morgan fingerprint density at radius 2 is 1.92 bits per heavy atom. The molecule has 2 aromatic carbocycles. The summed E-state index contributed by atoms with van der Waals surface area (Å²) in [5, 5.41) is 10.8. The molecule has 0 saturated heterocycles. The minimum absolute atomic E-state index is 0.165. The third-order valence-electron chi connectivity index (χ3n) is 3.40. The van der Waals surface area contributed by atoms with Crippen LogP contribution in [0.1, 0.15) is 5.56 Å². The quantitative estimate of drug-likeness (QED) is 0.493. The first-order valence-electron chi connectivity index (χ1n) is 7.19. The third-order valence-corrected chi connectivity index (χ3v) is 3.64. The van der Waals surface area contributed by atoms with Crippen molar-refractivity contribution in [3.8, 4) is 11.6 Å². The fourth-order valence-electron chi connectivity index (χ4n) is 2.25. The number of hydrogen-bond acceptors (Lipinski definition) is 5. The zero-order chi connectivity index (χ0) is 18.0. The molecule has 0 aliphatic rings. The van der Waals surface area contributed by atoms with Gasteiger partial charge in [0.1, 0.15) is 5.56 Å². The summed E-state index contributed by atoms with van der Waals surface area (Å²) in [6.45, 7) is 0. The van der Waals surface area contributed by atoms with Gasteiger partial charge in [0, 0.05) is 16.9 Å². The molecule has 0 bridgehead atoms. The topological polar surface area (TPSA) is 113 Å². The van der Waals surface area contributed by atoms with Crippen LogP contribution in [0.25, 0.3) is 5.69 Å². The van der Waals surface area contributed by atoms with E-state index in [0.717, 1.165) is 4.57 Å². The Hall–Kier alpha value is -3.32. The molecule has 4 N–H and O–H groups in total. The summed E-state index contributed by atoms with van der Waals surface area (Å²) < 4.78 is 0.938. The Kier molecular flexibility index (Phi) is 4.40. The van der Waals surface area contributed by atoms with Crippen LogP contribution in [0.5, 0.6) is 5.88 Å². The molecule has 0 amide bonds. The summed E-state index contributed by atoms with van der Waals surface area (Å²) in [6, 6.07) is 13.0. The molecular weight excluding hydrogens is 344 g/mol. The van der Waals surface area contributed by atoms with Gasteiger partial charge in [0.05, 0.1) is 11.4 Å². The van der Waals surface area contributed by atoms with Crippen LogP contribution in [-0.2, 0) is 0 Å². The van der Waals surface area contributed by atoms with Crippen LogP contribution in [0.2, 0.25) is 5.02 Å². The van der Waals surface area contributed by atoms with Gasteiger partial charge in [-0.3, -0.25) is 14.8 Å². The van der Waals surface area contributed by atoms with Gasteiger partial charge in [-0.05, 0) is 36.4 Å². The minimum atomic E-state index is -0.786. The number of nitrogens with one attached hydrogen (secondary N) is 1. The van der Waals surface area contributed by atoms with Crippen molar-refractivity contribution in [1.82, 2.24) is 9.55 Å². The van der Waals surface area contributed by atoms with Crippen LogP contribution in [0.15, 0.2) is 63.1 Å². The average Bonchev–Trinajstić information content (AvgIpc) is 2.54. The summed E-state index contributed by atoms with van der Waals surface area (Å²) in [7, 11) is 0. The van der Waals surface area contributed by atoms with Crippen molar-refractivity contribution < 1.29 is 5.11 Å². The Balaban J connectivity index is 2.14. The zero-order valence-corrected chi connectivity index (χ0v) is 13.6. The van der Waals surface area contributed by atoms with E-state index in [9.17, 15) is 14.7 Å². The molecule has 0 aliphatic heterocycles. The highest BCUT2D eigenvalue weighted by Gasteiger charge is 2.14. The van der Waals surface area contributed by atoms with Crippen LogP contribution in [0, 0.1) is 0 Å². The number of halogens is 1. The van der Waals surface area contributed by atoms with E-state index >= 15 is 0 Å². The van der Waals surface area contributed by atoms with Crippen molar-refractivity contribution in [1.29, 1.82) is 0 Å². The molecule has 8 heteroatoms. The standard InChI is InChI=1S/C17H13ClN4O3/c18-10-3-1-6-13(7-10)22-16(24)14(15(23)21-17(22)25)9-20-12-5-2-4-11(19)8-12/h1-9,24H,19H2,(H,21,23,25). The average molecular weight is 357 g/mol. The number of nitrogens with zero attached hydrogens (tertiary/aromatic N) is 2. The van der Waals surface area contributed by atoms with Crippen molar-refractivity contribution in [3.63, 3.8) is 0 Å². The van der Waals surface area contributed by atoms with E-state index in [2.05, 4.69) is 9.98 Å². The Morgan fingerprint density at radius 3 is 2.64 bits per heavy atom. The monoisotopic (exact) mass is 356 g/mol.